The monoisotopic (exact) mass is 271 g/mol. The second kappa shape index (κ2) is 6.61. The summed E-state index contributed by atoms with van der Waals surface area (Å²) in [5.74, 6) is -0.124. The number of carboxylic acids is 1. The number of nitrogens with one attached hydrogen (secondary N) is 1. The largest absolute Gasteiger partial charge is 0.494 e. The van der Waals surface area contributed by atoms with Crippen LogP contribution in [0.4, 0.5) is 5.69 Å². The summed E-state index contributed by atoms with van der Waals surface area (Å²) < 4.78 is 5.55. The van der Waals surface area contributed by atoms with E-state index in [9.17, 15) is 4.79 Å². The van der Waals surface area contributed by atoms with Crippen molar-refractivity contribution >= 4 is 11.7 Å². The molecule has 0 radical (unpaired) electrons. The fraction of sp³-hybridized carbons (Fsp3) is 0.188. The summed E-state index contributed by atoms with van der Waals surface area (Å²) in [6.07, 6.45) is 0. The van der Waals surface area contributed by atoms with E-state index in [1.165, 1.54) is 0 Å². The predicted octanol–water partition coefficient (Wildman–Crippen LogP) is 3.40. The van der Waals surface area contributed by atoms with Gasteiger partial charge >= 0.3 is 5.97 Å². The Morgan fingerprint density at radius 3 is 2.60 bits per heavy atom. The van der Waals surface area contributed by atoms with Crippen LogP contribution in [0.5, 0.6) is 5.75 Å². The lowest BCUT2D eigenvalue weighted by atomic mass is 10.1. The van der Waals surface area contributed by atoms with Gasteiger partial charge in [0.05, 0.1) is 12.2 Å². The van der Waals surface area contributed by atoms with E-state index in [0.717, 1.165) is 11.3 Å². The van der Waals surface area contributed by atoms with Crippen LogP contribution in [0.3, 0.4) is 0 Å². The van der Waals surface area contributed by atoms with E-state index in [0.29, 0.717) is 18.8 Å². The Bertz CT molecular complexity index is 596. The van der Waals surface area contributed by atoms with Crippen LogP contribution >= 0.6 is 0 Å². The average molecular weight is 271 g/mol. The molecule has 4 nitrogen and oxygen atoms in total. The van der Waals surface area contributed by atoms with Gasteiger partial charge in [0.15, 0.2) is 0 Å². The Morgan fingerprint density at radius 1 is 1.15 bits per heavy atom. The van der Waals surface area contributed by atoms with Crippen molar-refractivity contribution in [1.82, 2.24) is 0 Å². The van der Waals surface area contributed by atoms with Crippen molar-refractivity contribution in [3.63, 3.8) is 0 Å². The number of rotatable bonds is 6. The summed E-state index contributed by atoms with van der Waals surface area (Å²) in [4.78, 5) is 11.1. The quantitative estimate of drug-likeness (QED) is 0.845. The molecule has 0 atom stereocenters. The number of hydrogen-bond donors (Lipinski definition) is 2. The zero-order valence-corrected chi connectivity index (χ0v) is 11.3. The maximum Gasteiger partial charge on any atom is 0.337 e. The number of benzene rings is 2. The van der Waals surface area contributed by atoms with E-state index in [2.05, 4.69) is 5.32 Å². The molecule has 0 aliphatic heterocycles. The first-order valence-corrected chi connectivity index (χ1v) is 6.49. The minimum absolute atomic E-state index is 0.265. The summed E-state index contributed by atoms with van der Waals surface area (Å²) in [5.41, 5.74) is 1.86. The maximum absolute atomic E-state index is 11.1. The Hall–Kier alpha value is -2.49. The zero-order valence-electron chi connectivity index (χ0n) is 11.3. The topological polar surface area (TPSA) is 58.6 Å². The van der Waals surface area contributed by atoms with Gasteiger partial charge in [0.25, 0.3) is 0 Å². The van der Waals surface area contributed by atoms with Gasteiger partial charge in [0, 0.05) is 17.8 Å². The molecule has 2 aromatic carbocycles. The Balaban J connectivity index is 2.15. The lowest BCUT2D eigenvalue weighted by Gasteiger charge is -2.13. The first-order valence-electron chi connectivity index (χ1n) is 6.49. The van der Waals surface area contributed by atoms with Gasteiger partial charge in [-0.2, -0.15) is 0 Å². The molecule has 2 N–H and O–H groups in total. The van der Waals surface area contributed by atoms with Crippen LogP contribution in [0.25, 0.3) is 0 Å². The second-order valence-electron chi connectivity index (χ2n) is 4.25. The van der Waals surface area contributed by atoms with Crippen LogP contribution in [0.1, 0.15) is 22.8 Å². The molecule has 2 aromatic rings. The maximum atomic E-state index is 11.1. The molecule has 0 aliphatic rings. The molecule has 0 heterocycles. The van der Waals surface area contributed by atoms with Crippen LogP contribution in [-0.4, -0.2) is 17.7 Å². The molecular formula is C16H17NO3. The van der Waals surface area contributed by atoms with Crippen molar-refractivity contribution in [3.8, 4) is 5.75 Å². The average Bonchev–Trinajstić information content (AvgIpc) is 2.47. The number of aromatic carboxylic acids is 1. The van der Waals surface area contributed by atoms with E-state index in [-0.39, 0.29) is 5.56 Å². The fourth-order valence-corrected chi connectivity index (χ4v) is 1.96. The summed E-state index contributed by atoms with van der Waals surface area (Å²) in [7, 11) is 0. The Labute approximate surface area is 118 Å². The van der Waals surface area contributed by atoms with Crippen LogP contribution < -0.4 is 10.1 Å². The van der Waals surface area contributed by atoms with Crippen LogP contribution in [0.2, 0.25) is 0 Å². The molecule has 0 spiro atoms. The highest BCUT2D eigenvalue weighted by molar-refractivity contribution is 5.94. The van der Waals surface area contributed by atoms with Crippen molar-refractivity contribution in [1.29, 1.82) is 0 Å². The first kappa shape index (κ1) is 13.9. The molecule has 0 saturated heterocycles. The van der Waals surface area contributed by atoms with Gasteiger partial charge in [-0.05, 0) is 25.1 Å². The summed E-state index contributed by atoms with van der Waals surface area (Å²) in [6.45, 7) is 3.05. The van der Waals surface area contributed by atoms with E-state index in [1.807, 2.05) is 37.3 Å². The molecule has 0 aromatic heterocycles. The van der Waals surface area contributed by atoms with E-state index >= 15 is 0 Å². The third kappa shape index (κ3) is 3.29. The van der Waals surface area contributed by atoms with Crippen LogP contribution in [0.15, 0.2) is 48.5 Å². The van der Waals surface area contributed by atoms with Crippen molar-refractivity contribution < 1.29 is 14.6 Å². The molecule has 0 bridgehead atoms. The highest BCUT2D eigenvalue weighted by Gasteiger charge is 2.09. The lowest BCUT2D eigenvalue weighted by molar-refractivity contribution is 0.0698. The smallest absolute Gasteiger partial charge is 0.337 e. The predicted molar refractivity (Wildman–Crippen MR) is 78.3 cm³/mol. The number of carbonyl (C=O) groups is 1. The molecule has 0 saturated carbocycles. The van der Waals surface area contributed by atoms with Gasteiger partial charge in [0.1, 0.15) is 5.75 Å². The second-order valence-corrected chi connectivity index (χ2v) is 4.25. The van der Waals surface area contributed by atoms with Gasteiger partial charge in [0.2, 0.25) is 0 Å². The number of carboxylic acid groups (broad SMARTS) is 1. The third-order valence-electron chi connectivity index (χ3n) is 2.90. The zero-order chi connectivity index (χ0) is 14.4. The number of hydrogen-bond acceptors (Lipinski definition) is 3. The number of ether oxygens (including phenoxy) is 1. The van der Waals surface area contributed by atoms with Gasteiger partial charge in [-0.15, -0.1) is 0 Å². The summed E-state index contributed by atoms with van der Waals surface area (Å²) in [5, 5.41) is 12.3. The first-order chi connectivity index (χ1) is 9.72. The van der Waals surface area contributed by atoms with E-state index < -0.39 is 5.97 Å². The van der Waals surface area contributed by atoms with E-state index in [4.69, 9.17) is 9.84 Å². The van der Waals surface area contributed by atoms with Gasteiger partial charge in [-0.25, -0.2) is 4.79 Å². The van der Waals surface area contributed by atoms with Crippen LogP contribution in [0, 0.1) is 0 Å². The minimum atomic E-state index is -0.939. The SMILES string of the molecule is CCOc1ccccc1CNc1ccccc1C(=O)O. The number of para-hydroxylation sites is 2. The lowest BCUT2D eigenvalue weighted by Crippen LogP contribution is -2.07. The molecule has 0 aliphatic carbocycles. The molecule has 0 amide bonds. The standard InChI is InChI=1S/C16H17NO3/c1-2-20-15-10-6-3-7-12(15)11-17-14-9-5-4-8-13(14)16(18)19/h3-10,17H,2,11H2,1H3,(H,18,19). The van der Waals surface area contributed by atoms with Crippen molar-refractivity contribution in [3.05, 3.63) is 59.7 Å². The minimum Gasteiger partial charge on any atom is -0.494 e. The Morgan fingerprint density at radius 2 is 1.85 bits per heavy atom. The molecule has 20 heavy (non-hydrogen) atoms. The van der Waals surface area contributed by atoms with Crippen molar-refractivity contribution in [2.24, 2.45) is 0 Å². The molecule has 2 rings (SSSR count). The fourth-order valence-electron chi connectivity index (χ4n) is 1.96. The van der Waals surface area contributed by atoms with E-state index in [1.54, 1.807) is 18.2 Å². The highest BCUT2D eigenvalue weighted by Crippen LogP contribution is 2.21. The van der Waals surface area contributed by atoms with Gasteiger partial charge in [-0.1, -0.05) is 30.3 Å². The summed E-state index contributed by atoms with van der Waals surface area (Å²) in [6, 6.07) is 14.6. The number of anilines is 1. The van der Waals surface area contributed by atoms with Gasteiger partial charge in [-0.3, -0.25) is 0 Å². The van der Waals surface area contributed by atoms with Crippen molar-refractivity contribution in [2.75, 3.05) is 11.9 Å². The molecular weight excluding hydrogens is 254 g/mol. The molecule has 4 heteroatoms. The Kier molecular flexibility index (Phi) is 4.60. The molecule has 0 fully saturated rings. The van der Waals surface area contributed by atoms with Gasteiger partial charge < -0.3 is 15.2 Å². The highest BCUT2D eigenvalue weighted by atomic mass is 16.5. The molecule has 0 unspecified atom stereocenters. The van der Waals surface area contributed by atoms with Crippen molar-refractivity contribution in [2.45, 2.75) is 13.5 Å². The summed E-state index contributed by atoms with van der Waals surface area (Å²) >= 11 is 0. The third-order valence-corrected chi connectivity index (χ3v) is 2.90. The normalized spacial score (nSPS) is 10.1. The molecule has 104 valence electrons. The van der Waals surface area contributed by atoms with Crippen LogP contribution in [-0.2, 0) is 6.54 Å².